The number of carbonyl (C=O) groups is 1. The minimum Gasteiger partial charge on any atom is -0.345 e. The van der Waals surface area contributed by atoms with Gasteiger partial charge in [-0.25, -0.2) is 13.4 Å². The summed E-state index contributed by atoms with van der Waals surface area (Å²) in [4.78, 5) is 16.3. The monoisotopic (exact) mass is 301 g/mol. The molecule has 2 heterocycles. The van der Waals surface area contributed by atoms with Crippen LogP contribution in [0.25, 0.3) is 0 Å². The zero-order chi connectivity index (χ0) is 14.8. The average molecular weight is 301 g/mol. The lowest BCUT2D eigenvalue weighted by Gasteiger charge is -2.33. The van der Waals surface area contributed by atoms with E-state index in [1.165, 1.54) is 10.6 Å². The number of amides is 1. The van der Waals surface area contributed by atoms with Crippen LogP contribution in [0.15, 0.2) is 6.33 Å². The van der Waals surface area contributed by atoms with Gasteiger partial charge in [-0.15, -0.1) is 0 Å². The van der Waals surface area contributed by atoms with Crippen molar-refractivity contribution in [3.8, 4) is 0 Å². The molecule has 8 nitrogen and oxygen atoms in total. The molecule has 1 amide bonds. The molecule has 1 aliphatic heterocycles. The van der Waals surface area contributed by atoms with Crippen molar-refractivity contribution in [1.29, 1.82) is 0 Å². The van der Waals surface area contributed by atoms with E-state index in [9.17, 15) is 13.2 Å². The van der Waals surface area contributed by atoms with E-state index >= 15 is 0 Å². The molecule has 0 radical (unpaired) electrons. The minimum absolute atomic E-state index is 0.293. The number of sulfonamides is 1. The normalized spacial score (nSPS) is 22.4. The molecule has 1 fully saturated rings. The minimum atomic E-state index is -3.37. The summed E-state index contributed by atoms with van der Waals surface area (Å²) in [5, 5.41) is 9.18. The number of piperidine rings is 1. The number of rotatable bonds is 4. The van der Waals surface area contributed by atoms with Crippen molar-refractivity contribution in [3.63, 3.8) is 0 Å². The third kappa shape index (κ3) is 3.34. The first kappa shape index (κ1) is 14.9. The van der Waals surface area contributed by atoms with Gasteiger partial charge in [0.2, 0.25) is 15.9 Å². The molecule has 0 bridgehead atoms. The van der Waals surface area contributed by atoms with Crippen LogP contribution in [0.5, 0.6) is 0 Å². The van der Waals surface area contributed by atoms with Crippen molar-refractivity contribution in [2.75, 3.05) is 12.8 Å². The molecule has 2 N–H and O–H groups in total. The van der Waals surface area contributed by atoms with Gasteiger partial charge in [-0.2, -0.15) is 9.40 Å². The van der Waals surface area contributed by atoms with Crippen LogP contribution in [0.3, 0.4) is 0 Å². The molecule has 1 aromatic rings. The van der Waals surface area contributed by atoms with Gasteiger partial charge in [0.15, 0.2) is 0 Å². The second-order valence-corrected chi connectivity index (χ2v) is 6.92. The summed E-state index contributed by atoms with van der Waals surface area (Å²) in [5.74, 6) is 0.249. The highest BCUT2D eigenvalue weighted by Gasteiger charge is 2.35. The van der Waals surface area contributed by atoms with Crippen LogP contribution in [0.1, 0.15) is 38.1 Å². The van der Waals surface area contributed by atoms with Gasteiger partial charge in [-0.05, 0) is 19.8 Å². The van der Waals surface area contributed by atoms with Crippen molar-refractivity contribution in [2.24, 2.45) is 0 Å². The molecule has 0 spiro atoms. The molecule has 2 unspecified atom stereocenters. The highest BCUT2D eigenvalue weighted by atomic mass is 32.2. The molecular weight excluding hydrogens is 282 g/mol. The van der Waals surface area contributed by atoms with E-state index in [0.29, 0.717) is 18.8 Å². The largest absolute Gasteiger partial charge is 0.345 e. The van der Waals surface area contributed by atoms with E-state index in [2.05, 4.69) is 20.5 Å². The maximum absolute atomic E-state index is 12.3. The molecule has 1 saturated heterocycles. The summed E-state index contributed by atoms with van der Waals surface area (Å²) in [6.45, 7) is 2.17. The van der Waals surface area contributed by atoms with Crippen LogP contribution in [0, 0.1) is 0 Å². The highest BCUT2D eigenvalue weighted by Crippen LogP contribution is 2.20. The second kappa shape index (κ2) is 5.88. The fourth-order valence-electron chi connectivity index (χ4n) is 2.37. The standard InChI is InChI=1S/C11H19N5O3S/c1-8(10-12-7-13-15-10)14-11(17)9-5-3-4-6-16(9)20(2,18)19/h7-9H,3-6H2,1-2H3,(H,14,17)(H,12,13,15). The Hall–Kier alpha value is -1.48. The van der Waals surface area contributed by atoms with Crippen LogP contribution in [-0.2, 0) is 14.8 Å². The van der Waals surface area contributed by atoms with E-state index in [1.54, 1.807) is 6.92 Å². The Morgan fingerprint density at radius 1 is 1.55 bits per heavy atom. The topological polar surface area (TPSA) is 108 Å². The summed E-state index contributed by atoms with van der Waals surface area (Å²) < 4.78 is 24.7. The number of carbonyl (C=O) groups excluding carboxylic acids is 1. The van der Waals surface area contributed by atoms with Crippen LogP contribution in [0.2, 0.25) is 0 Å². The Balaban J connectivity index is 2.07. The third-order valence-electron chi connectivity index (χ3n) is 3.38. The van der Waals surface area contributed by atoms with E-state index in [0.717, 1.165) is 19.1 Å². The summed E-state index contributed by atoms with van der Waals surface area (Å²) in [5.41, 5.74) is 0. The van der Waals surface area contributed by atoms with Crippen molar-refractivity contribution in [2.45, 2.75) is 38.3 Å². The highest BCUT2D eigenvalue weighted by molar-refractivity contribution is 7.88. The predicted molar refractivity (Wildman–Crippen MR) is 72.1 cm³/mol. The van der Waals surface area contributed by atoms with Crippen LogP contribution in [-0.4, -0.2) is 52.7 Å². The van der Waals surface area contributed by atoms with Gasteiger partial charge < -0.3 is 5.32 Å². The number of nitrogens with zero attached hydrogens (tertiary/aromatic N) is 3. The lowest BCUT2D eigenvalue weighted by molar-refractivity contribution is -0.126. The molecular formula is C11H19N5O3S. The predicted octanol–water partition coefficient (Wildman–Crippen LogP) is -0.204. The number of hydrogen-bond donors (Lipinski definition) is 2. The first-order valence-electron chi connectivity index (χ1n) is 6.52. The Morgan fingerprint density at radius 2 is 2.30 bits per heavy atom. The Morgan fingerprint density at radius 3 is 2.90 bits per heavy atom. The maximum atomic E-state index is 12.3. The fourth-order valence-corrected chi connectivity index (χ4v) is 3.49. The summed E-state index contributed by atoms with van der Waals surface area (Å²) in [7, 11) is -3.37. The zero-order valence-corrected chi connectivity index (χ0v) is 12.4. The zero-order valence-electron chi connectivity index (χ0n) is 11.5. The van der Waals surface area contributed by atoms with E-state index < -0.39 is 16.1 Å². The molecule has 0 saturated carbocycles. The lowest BCUT2D eigenvalue weighted by atomic mass is 10.0. The van der Waals surface area contributed by atoms with E-state index in [4.69, 9.17) is 0 Å². The van der Waals surface area contributed by atoms with Gasteiger partial charge in [0.1, 0.15) is 18.2 Å². The summed E-state index contributed by atoms with van der Waals surface area (Å²) in [6.07, 6.45) is 4.68. The van der Waals surface area contributed by atoms with E-state index in [1.807, 2.05) is 0 Å². The first-order valence-corrected chi connectivity index (χ1v) is 8.37. The third-order valence-corrected chi connectivity index (χ3v) is 4.67. The molecule has 1 aromatic heterocycles. The molecule has 0 aromatic carbocycles. The number of H-pyrrole nitrogens is 1. The summed E-state index contributed by atoms with van der Waals surface area (Å²) in [6, 6.07) is -0.975. The second-order valence-electron chi connectivity index (χ2n) is 4.99. The average Bonchev–Trinajstić information content (AvgIpc) is 2.91. The van der Waals surface area contributed by atoms with E-state index in [-0.39, 0.29) is 11.9 Å². The number of aromatic nitrogens is 3. The SMILES string of the molecule is CC(NC(=O)C1CCCCN1S(C)(=O)=O)c1ncn[nH]1. The van der Waals surface area contributed by atoms with Crippen molar-refractivity contribution < 1.29 is 13.2 Å². The van der Waals surface area contributed by atoms with Gasteiger partial charge >= 0.3 is 0 Å². The Kier molecular flexibility index (Phi) is 4.39. The fraction of sp³-hybridized carbons (Fsp3) is 0.727. The molecule has 9 heteroatoms. The molecule has 2 atom stereocenters. The first-order chi connectivity index (χ1) is 9.39. The molecule has 2 rings (SSSR count). The van der Waals surface area contributed by atoms with Gasteiger partial charge in [0, 0.05) is 6.54 Å². The number of nitrogens with one attached hydrogen (secondary N) is 2. The molecule has 1 aliphatic rings. The molecule has 112 valence electrons. The van der Waals surface area contributed by atoms with Crippen LogP contribution >= 0.6 is 0 Å². The van der Waals surface area contributed by atoms with Crippen molar-refractivity contribution in [1.82, 2.24) is 24.8 Å². The van der Waals surface area contributed by atoms with Crippen LogP contribution < -0.4 is 5.32 Å². The molecule has 0 aliphatic carbocycles. The number of hydrogen-bond acceptors (Lipinski definition) is 5. The quantitative estimate of drug-likeness (QED) is 0.800. The number of aromatic amines is 1. The van der Waals surface area contributed by atoms with Gasteiger partial charge in [0.25, 0.3) is 0 Å². The smallest absolute Gasteiger partial charge is 0.239 e. The molecule has 20 heavy (non-hydrogen) atoms. The van der Waals surface area contributed by atoms with Crippen LogP contribution in [0.4, 0.5) is 0 Å². The Bertz CT molecular complexity index is 557. The lowest BCUT2D eigenvalue weighted by Crippen LogP contribution is -2.51. The Labute approximate surface area is 118 Å². The van der Waals surface area contributed by atoms with Gasteiger partial charge in [-0.3, -0.25) is 9.89 Å². The van der Waals surface area contributed by atoms with Gasteiger partial charge in [0.05, 0.1) is 12.3 Å². The van der Waals surface area contributed by atoms with Crippen molar-refractivity contribution in [3.05, 3.63) is 12.2 Å². The summed E-state index contributed by atoms with van der Waals surface area (Å²) >= 11 is 0. The maximum Gasteiger partial charge on any atom is 0.239 e. The van der Waals surface area contributed by atoms with Crippen molar-refractivity contribution >= 4 is 15.9 Å². The van der Waals surface area contributed by atoms with Gasteiger partial charge in [-0.1, -0.05) is 6.42 Å².